The summed E-state index contributed by atoms with van der Waals surface area (Å²) in [6.45, 7) is 2.12. The molecule has 5 heteroatoms. The summed E-state index contributed by atoms with van der Waals surface area (Å²) in [4.78, 5) is 7.11. The average Bonchev–Trinajstić information content (AvgIpc) is 3.04. The minimum absolute atomic E-state index is 0.243. The van der Waals surface area contributed by atoms with Crippen molar-refractivity contribution >= 4 is 11.3 Å². The summed E-state index contributed by atoms with van der Waals surface area (Å²) in [5.74, 6) is 0.852. The number of thiazole rings is 1. The van der Waals surface area contributed by atoms with Gasteiger partial charge in [-0.25, -0.2) is 4.98 Å². The number of ether oxygens (including phenoxy) is 1. The summed E-state index contributed by atoms with van der Waals surface area (Å²) in [6, 6.07) is 8.29. The van der Waals surface area contributed by atoms with Gasteiger partial charge in [0, 0.05) is 23.5 Å². The molecule has 1 unspecified atom stereocenters. The van der Waals surface area contributed by atoms with Crippen LogP contribution >= 0.6 is 11.3 Å². The molecule has 0 amide bonds. The zero-order valence-electron chi connectivity index (χ0n) is 12.9. The second-order valence-corrected chi connectivity index (χ2v) is 6.54. The van der Waals surface area contributed by atoms with E-state index in [1.807, 2.05) is 18.2 Å². The zero-order valence-corrected chi connectivity index (χ0v) is 13.7. The molecule has 0 radical (unpaired) electrons. The van der Waals surface area contributed by atoms with Crippen molar-refractivity contribution in [2.45, 2.75) is 31.8 Å². The summed E-state index contributed by atoms with van der Waals surface area (Å²) < 4.78 is 5.27. The Balaban J connectivity index is 1.73. The number of aromatic nitrogens is 1. The van der Waals surface area contributed by atoms with Gasteiger partial charge in [-0.05, 0) is 31.5 Å². The molecule has 3 rings (SSSR count). The zero-order chi connectivity index (χ0) is 15.4. The fraction of sp³-hybridized carbons (Fsp3) is 0.471. The van der Waals surface area contributed by atoms with Gasteiger partial charge in [0.25, 0.3) is 0 Å². The van der Waals surface area contributed by atoms with E-state index in [0.29, 0.717) is 0 Å². The van der Waals surface area contributed by atoms with Gasteiger partial charge in [0.1, 0.15) is 10.8 Å². The minimum Gasteiger partial charge on any atom is -0.497 e. The Hall–Kier alpha value is -1.43. The maximum atomic E-state index is 9.51. The molecule has 0 bridgehead atoms. The van der Waals surface area contributed by atoms with Gasteiger partial charge >= 0.3 is 0 Å². The largest absolute Gasteiger partial charge is 0.497 e. The molecule has 1 aliphatic heterocycles. The molecule has 1 aromatic heterocycles. The van der Waals surface area contributed by atoms with Gasteiger partial charge in [-0.15, -0.1) is 11.3 Å². The third-order valence-electron chi connectivity index (χ3n) is 4.19. The van der Waals surface area contributed by atoms with E-state index in [9.17, 15) is 5.11 Å². The molecule has 2 aromatic rings. The minimum atomic E-state index is 0.243. The Morgan fingerprint density at radius 2 is 2.32 bits per heavy atom. The molecule has 22 heavy (non-hydrogen) atoms. The molecule has 0 aliphatic carbocycles. The lowest BCUT2D eigenvalue weighted by Crippen LogP contribution is -2.41. The van der Waals surface area contributed by atoms with Gasteiger partial charge in [-0.2, -0.15) is 0 Å². The van der Waals surface area contributed by atoms with E-state index in [1.165, 1.54) is 12.8 Å². The van der Waals surface area contributed by atoms with Crippen LogP contribution in [0.2, 0.25) is 0 Å². The van der Waals surface area contributed by atoms with Crippen molar-refractivity contribution < 1.29 is 9.84 Å². The second kappa shape index (κ2) is 7.22. The Labute approximate surface area is 135 Å². The van der Waals surface area contributed by atoms with Crippen LogP contribution in [0.25, 0.3) is 10.6 Å². The number of benzene rings is 1. The molecule has 0 saturated carbocycles. The first-order valence-corrected chi connectivity index (χ1v) is 8.62. The third kappa shape index (κ3) is 3.48. The highest BCUT2D eigenvalue weighted by Gasteiger charge is 2.22. The number of rotatable bonds is 5. The highest BCUT2D eigenvalue weighted by atomic mass is 32.1. The highest BCUT2D eigenvalue weighted by Crippen LogP contribution is 2.28. The van der Waals surface area contributed by atoms with Crippen LogP contribution in [0.1, 0.15) is 25.0 Å². The number of likely N-dealkylation sites (tertiary alicyclic amines) is 1. The molecular weight excluding hydrogens is 296 g/mol. The smallest absolute Gasteiger partial charge is 0.123 e. The van der Waals surface area contributed by atoms with Crippen LogP contribution in [0.4, 0.5) is 0 Å². The van der Waals surface area contributed by atoms with Crippen LogP contribution in [0.5, 0.6) is 5.75 Å². The molecule has 0 spiro atoms. The van der Waals surface area contributed by atoms with Crippen LogP contribution in [0.15, 0.2) is 29.6 Å². The van der Waals surface area contributed by atoms with Crippen molar-refractivity contribution in [2.24, 2.45) is 0 Å². The fourth-order valence-corrected chi connectivity index (χ4v) is 3.76. The van der Waals surface area contributed by atoms with E-state index < -0.39 is 0 Å². The Morgan fingerprint density at radius 3 is 3.14 bits per heavy atom. The first-order valence-electron chi connectivity index (χ1n) is 7.74. The molecule has 1 atom stereocenters. The Morgan fingerprint density at radius 1 is 1.41 bits per heavy atom. The average molecular weight is 318 g/mol. The van der Waals surface area contributed by atoms with Gasteiger partial charge in [-0.1, -0.05) is 18.6 Å². The van der Waals surface area contributed by atoms with Crippen molar-refractivity contribution in [3.8, 4) is 16.3 Å². The lowest BCUT2D eigenvalue weighted by Gasteiger charge is -2.33. The normalized spacial score (nSPS) is 19.3. The number of nitrogens with zero attached hydrogens (tertiary/aromatic N) is 2. The van der Waals surface area contributed by atoms with Gasteiger partial charge in [0.15, 0.2) is 0 Å². The quantitative estimate of drug-likeness (QED) is 0.920. The highest BCUT2D eigenvalue weighted by molar-refractivity contribution is 7.13. The monoisotopic (exact) mass is 318 g/mol. The van der Waals surface area contributed by atoms with Crippen LogP contribution in [-0.2, 0) is 6.54 Å². The predicted octanol–water partition coefficient (Wildman–Crippen LogP) is 3.17. The Kier molecular flexibility index (Phi) is 5.08. The SMILES string of the molecule is COc1cccc(-c2nc(CN3CCCCC3CO)cs2)c1. The molecule has 1 aromatic carbocycles. The Bertz CT molecular complexity index is 614. The van der Waals surface area contributed by atoms with Crippen LogP contribution in [0.3, 0.4) is 0 Å². The van der Waals surface area contributed by atoms with Gasteiger partial charge < -0.3 is 9.84 Å². The lowest BCUT2D eigenvalue weighted by molar-refractivity contribution is 0.0832. The van der Waals surface area contributed by atoms with E-state index in [-0.39, 0.29) is 12.6 Å². The van der Waals surface area contributed by atoms with Gasteiger partial charge in [-0.3, -0.25) is 4.90 Å². The molecule has 1 fully saturated rings. The second-order valence-electron chi connectivity index (χ2n) is 5.68. The number of piperidine rings is 1. The third-order valence-corrected chi connectivity index (χ3v) is 5.13. The van der Waals surface area contributed by atoms with E-state index >= 15 is 0 Å². The fourth-order valence-electron chi connectivity index (χ4n) is 2.95. The lowest BCUT2D eigenvalue weighted by atomic mass is 10.0. The molecule has 1 saturated heterocycles. The number of aliphatic hydroxyl groups is 1. The van der Waals surface area contributed by atoms with E-state index in [1.54, 1.807) is 18.4 Å². The van der Waals surface area contributed by atoms with Gasteiger partial charge in [0.2, 0.25) is 0 Å². The summed E-state index contributed by atoms with van der Waals surface area (Å²) in [5, 5.41) is 12.6. The van der Waals surface area contributed by atoms with Crippen molar-refractivity contribution in [1.29, 1.82) is 0 Å². The molecule has 1 N–H and O–H groups in total. The topological polar surface area (TPSA) is 45.6 Å². The number of aliphatic hydroxyl groups excluding tert-OH is 1. The van der Waals surface area contributed by atoms with Crippen LogP contribution in [0, 0.1) is 0 Å². The summed E-state index contributed by atoms with van der Waals surface area (Å²) in [6.07, 6.45) is 3.51. The van der Waals surface area contributed by atoms with Crippen LogP contribution in [-0.4, -0.2) is 41.3 Å². The van der Waals surface area contributed by atoms with Crippen LogP contribution < -0.4 is 4.74 Å². The van der Waals surface area contributed by atoms with E-state index in [4.69, 9.17) is 9.72 Å². The molecule has 2 heterocycles. The standard InChI is InChI=1S/C17H22N2O2S/c1-21-16-7-4-5-13(9-16)17-18-14(12-22-17)10-19-8-3-2-6-15(19)11-20/h4-5,7,9,12,15,20H,2-3,6,8,10-11H2,1H3. The maximum Gasteiger partial charge on any atom is 0.123 e. The first kappa shape index (κ1) is 15.5. The summed E-state index contributed by atoms with van der Waals surface area (Å²) in [7, 11) is 1.68. The van der Waals surface area contributed by atoms with E-state index in [0.717, 1.165) is 41.5 Å². The maximum absolute atomic E-state index is 9.51. The van der Waals surface area contributed by atoms with Crippen molar-refractivity contribution in [1.82, 2.24) is 9.88 Å². The number of hydrogen-bond donors (Lipinski definition) is 1. The van der Waals surface area contributed by atoms with Gasteiger partial charge in [0.05, 0.1) is 19.4 Å². The van der Waals surface area contributed by atoms with Crippen molar-refractivity contribution in [2.75, 3.05) is 20.3 Å². The predicted molar refractivity (Wildman–Crippen MR) is 89.2 cm³/mol. The van der Waals surface area contributed by atoms with E-state index in [2.05, 4.69) is 16.3 Å². The molecule has 4 nitrogen and oxygen atoms in total. The number of hydrogen-bond acceptors (Lipinski definition) is 5. The molecular formula is C17H22N2O2S. The summed E-state index contributed by atoms with van der Waals surface area (Å²) >= 11 is 1.66. The van der Waals surface area contributed by atoms with Crippen molar-refractivity contribution in [3.63, 3.8) is 0 Å². The molecule has 1 aliphatic rings. The molecule has 118 valence electrons. The summed E-state index contributed by atoms with van der Waals surface area (Å²) in [5.41, 5.74) is 2.18. The first-order chi connectivity index (χ1) is 10.8. The van der Waals surface area contributed by atoms with Crippen molar-refractivity contribution in [3.05, 3.63) is 35.3 Å². The number of methoxy groups -OCH3 is 1.